The lowest BCUT2D eigenvalue weighted by Crippen LogP contribution is -2.49. The summed E-state index contributed by atoms with van der Waals surface area (Å²) in [5.74, 6) is -0.171. The number of benzene rings is 1. The van der Waals surface area contributed by atoms with E-state index < -0.39 is 40.9 Å². The number of hydrogen-bond acceptors (Lipinski definition) is 9. The van der Waals surface area contributed by atoms with Gasteiger partial charge in [0, 0.05) is 58.1 Å². The highest BCUT2D eigenvalue weighted by molar-refractivity contribution is 5.76. The predicted molar refractivity (Wildman–Crippen MR) is 149 cm³/mol. The number of piperazine rings is 1. The second-order valence-corrected chi connectivity index (χ2v) is 10.2. The molecule has 45 heavy (non-hydrogen) atoms. The number of ether oxygens (including phenoxy) is 2. The average molecular weight is 644 g/mol. The Morgan fingerprint density at radius 2 is 1.62 bits per heavy atom. The molecule has 11 nitrogen and oxygen atoms in total. The van der Waals surface area contributed by atoms with Gasteiger partial charge in [0.15, 0.2) is 11.3 Å². The molecule has 1 saturated heterocycles. The Morgan fingerprint density at radius 3 is 2.20 bits per heavy atom. The van der Waals surface area contributed by atoms with Crippen LogP contribution in [0.2, 0.25) is 0 Å². The molecule has 4 rings (SSSR count). The van der Waals surface area contributed by atoms with Gasteiger partial charge in [0.1, 0.15) is 11.9 Å². The Labute approximate surface area is 253 Å². The summed E-state index contributed by atoms with van der Waals surface area (Å²) in [7, 11) is 1.48. The van der Waals surface area contributed by atoms with Crippen LogP contribution in [0.15, 0.2) is 47.7 Å². The van der Waals surface area contributed by atoms with Gasteiger partial charge in [-0.25, -0.2) is 14.6 Å². The molecule has 0 saturated carbocycles. The molecule has 1 atom stereocenters. The van der Waals surface area contributed by atoms with Crippen molar-refractivity contribution >= 4 is 11.9 Å². The molecule has 1 fully saturated rings. The molecule has 0 radical (unpaired) electrons. The highest BCUT2D eigenvalue weighted by Crippen LogP contribution is 2.33. The van der Waals surface area contributed by atoms with Crippen LogP contribution in [-0.2, 0) is 23.7 Å². The lowest BCUT2D eigenvalue weighted by molar-refractivity contribution is -0.141. The highest BCUT2D eigenvalue weighted by atomic mass is 19.4. The maximum Gasteiger partial charge on any atom is 0.425 e. The number of carbonyl (C=O) groups is 1. The second-order valence-electron chi connectivity index (χ2n) is 10.2. The first-order chi connectivity index (χ1) is 21.3. The molecule has 1 aromatic carbocycles. The van der Waals surface area contributed by atoms with Gasteiger partial charge in [0.25, 0.3) is 5.56 Å². The average Bonchev–Trinajstić information content (AvgIpc) is 3.00. The van der Waals surface area contributed by atoms with Crippen molar-refractivity contribution < 1.29 is 40.6 Å². The van der Waals surface area contributed by atoms with Crippen LogP contribution in [0.25, 0.3) is 0 Å². The van der Waals surface area contributed by atoms with Crippen LogP contribution in [0.1, 0.15) is 30.0 Å². The van der Waals surface area contributed by atoms with E-state index >= 15 is 0 Å². The van der Waals surface area contributed by atoms with Crippen LogP contribution in [0.3, 0.4) is 0 Å². The summed E-state index contributed by atoms with van der Waals surface area (Å²) < 4.78 is 91.0. The molecule has 1 amide bonds. The number of aromatic nitrogens is 4. The predicted octanol–water partition coefficient (Wildman–Crippen LogP) is 3.22. The summed E-state index contributed by atoms with van der Waals surface area (Å²) in [5, 5.41) is 6.84. The number of rotatable bonds is 11. The molecule has 17 heteroatoms. The number of carbonyl (C=O) groups excluding carboxylic acids is 1. The van der Waals surface area contributed by atoms with Gasteiger partial charge in [-0.3, -0.25) is 9.59 Å². The molecule has 0 aliphatic carbocycles. The van der Waals surface area contributed by atoms with Gasteiger partial charge < -0.3 is 24.6 Å². The fourth-order valence-electron chi connectivity index (χ4n) is 4.54. The van der Waals surface area contributed by atoms with Gasteiger partial charge in [-0.05, 0) is 24.6 Å². The van der Waals surface area contributed by atoms with Gasteiger partial charge in [0.2, 0.25) is 11.9 Å². The van der Waals surface area contributed by atoms with E-state index in [-0.39, 0.29) is 37.9 Å². The smallest absolute Gasteiger partial charge is 0.425 e. The quantitative estimate of drug-likeness (QED) is 0.249. The van der Waals surface area contributed by atoms with Gasteiger partial charge in [-0.1, -0.05) is 12.1 Å². The first-order valence-corrected chi connectivity index (χ1v) is 13.9. The van der Waals surface area contributed by atoms with E-state index in [4.69, 9.17) is 9.47 Å². The highest BCUT2D eigenvalue weighted by Gasteiger charge is 2.39. The molecule has 0 bridgehead atoms. The van der Waals surface area contributed by atoms with Crippen molar-refractivity contribution in [3.05, 3.63) is 69.9 Å². The third-order valence-corrected chi connectivity index (χ3v) is 6.94. The largest absolute Gasteiger partial charge is 0.497 e. The molecular formula is C28H31F6N7O4. The lowest BCUT2D eigenvalue weighted by atomic mass is 10.2. The fourth-order valence-corrected chi connectivity index (χ4v) is 4.54. The Bertz CT molecular complexity index is 1490. The van der Waals surface area contributed by atoms with Crippen molar-refractivity contribution in [2.24, 2.45) is 0 Å². The van der Waals surface area contributed by atoms with Crippen molar-refractivity contribution in [1.82, 2.24) is 30.0 Å². The molecule has 0 spiro atoms. The molecule has 3 aromatic rings. The summed E-state index contributed by atoms with van der Waals surface area (Å²) in [6.45, 7) is 2.93. The van der Waals surface area contributed by atoms with Gasteiger partial charge >= 0.3 is 12.4 Å². The van der Waals surface area contributed by atoms with E-state index in [9.17, 15) is 35.9 Å². The standard InChI is InChI=1S/C28H31F6N7O4/c1-18(45-22-16-38-41(25(43)24(22)28(32,33)34)17-19-3-5-21(44-2)6-4-19)13-35-8-7-23(42)39-9-11-40(12-10-39)26-36-14-20(15-37-26)27(29,30)31/h3-6,14-16,18,35H,7-13,17H2,1-2H3/t18-/m0/s1. The zero-order valence-corrected chi connectivity index (χ0v) is 24.4. The van der Waals surface area contributed by atoms with Gasteiger partial charge in [-0.2, -0.15) is 31.4 Å². The number of amides is 1. The normalized spacial score (nSPS) is 14.8. The first kappa shape index (κ1) is 33.5. The van der Waals surface area contributed by atoms with Crippen LogP contribution in [0.4, 0.5) is 32.3 Å². The number of nitrogens with one attached hydrogen (secondary N) is 1. The van der Waals surface area contributed by atoms with Crippen LogP contribution in [-0.4, -0.2) is 83.0 Å². The van der Waals surface area contributed by atoms with E-state index in [2.05, 4.69) is 20.4 Å². The topological polar surface area (TPSA) is 115 Å². The van der Waals surface area contributed by atoms with E-state index in [1.807, 2.05) is 0 Å². The van der Waals surface area contributed by atoms with Crippen molar-refractivity contribution in [3.63, 3.8) is 0 Å². The molecule has 1 aliphatic rings. The first-order valence-electron chi connectivity index (χ1n) is 13.9. The van der Waals surface area contributed by atoms with E-state index in [1.54, 1.807) is 34.1 Å². The molecule has 1 aliphatic heterocycles. The Kier molecular flexibility index (Phi) is 10.5. The van der Waals surface area contributed by atoms with Crippen molar-refractivity contribution in [3.8, 4) is 11.5 Å². The summed E-state index contributed by atoms with van der Waals surface area (Å²) in [5.41, 5.74) is -3.20. The van der Waals surface area contributed by atoms with Crippen molar-refractivity contribution in [2.45, 2.75) is 38.3 Å². The fraction of sp³-hybridized carbons (Fsp3) is 0.464. The zero-order valence-electron chi connectivity index (χ0n) is 24.4. The zero-order chi connectivity index (χ0) is 32.8. The Morgan fingerprint density at radius 1 is 0.978 bits per heavy atom. The van der Waals surface area contributed by atoms with Crippen molar-refractivity contribution in [2.75, 3.05) is 51.3 Å². The van der Waals surface area contributed by atoms with Gasteiger partial charge in [-0.15, -0.1) is 0 Å². The van der Waals surface area contributed by atoms with Crippen LogP contribution < -0.4 is 25.2 Å². The van der Waals surface area contributed by atoms with E-state index in [0.717, 1.165) is 6.20 Å². The third kappa shape index (κ3) is 8.83. The Balaban J connectivity index is 1.24. The number of anilines is 1. The van der Waals surface area contributed by atoms with E-state index in [0.29, 0.717) is 54.6 Å². The van der Waals surface area contributed by atoms with Crippen LogP contribution in [0, 0.1) is 0 Å². The molecule has 1 N–H and O–H groups in total. The molecule has 0 unspecified atom stereocenters. The summed E-state index contributed by atoms with van der Waals surface area (Å²) in [6, 6.07) is 6.46. The molecule has 2 aromatic heterocycles. The minimum Gasteiger partial charge on any atom is -0.497 e. The minimum atomic E-state index is -4.99. The molecular weight excluding hydrogens is 612 g/mol. The summed E-state index contributed by atoms with van der Waals surface area (Å²) in [4.78, 5) is 36.2. The Hall–Kier alpha value is -4.41. The van der Waals surface area contributed by atoms with E-state index in [1.165, 1.54) is 14.0 Å². The third-order valence-electron chi connectivity index (χ3n) is 6.94. The maximum absolute atomic E-state index is 13.9. The van der Waals surface area contributed by atoms with Crippen LogP contribution >= 0.6 is 0 Å². The number of hydrogen-bond donors (Lipinski definition) is 1. The second kappa shape index (κ2) is 14.1. The number of alkyl halides is 6. The summed E-state index contributed by atoms with van der Waals surface area (Å²) >= 11 is 0. The van der Waals surface area contributed by atoms with Crippen molar-refractivity contribution in [1.29, 1.82) is 0 Å². The maximum atomic E-state index is 13.9. The summed E-state index contributed by atoms with van der Waals surface area (Å²) in [6.07, 6.45) is -7.92. The molecule has 244 valence electrons. The minimum absolute atomic E-state index is 0.0819. The molecule has 3 heterocycles. The number of methoxy groups -OCH3 is 1. The monoisotopic (exact) mass is 643 g/mol. The SMILES string of the molecule is COc1ccc(Cn2ncc(O[C@@H](C)CNCCC(=O)N3CCN(c4ncc(C(F)(F)F)cn4)CC3)c(C(F)(F)F)c2=O)cc1. The number of nitrogens with zero attached hydrogens (tertiary/aromatic N) is 6. The van der Waals surface area contributed by atoms with Crippen LogP contribution in [0.5, 0.6) is 11.5 Å². The lowest BCUT2D eigenvalue weighted by Gasteiger charge is -2.34. The number of halogens is 6. The van der Waals surface area contributed by atoms with Gasteiger partial charge in [0.05, 0.1) is 25.4 Å².